The van der Waals surface area contributed by atoms with Gasteiger partial charge in [0.15, 0.2) is 0 Å². The summed E-state index contributed by atoms with van der Waals surface area (Å²) >= 11 is 0. The number of hydrogen-bond acceptors (Lipinski definition) is 3. The van der Waals surface area contributed by atoms with Crippen LogP contribution in [0.2, 0.25) is 0 Å². The number of amides is 1. The van der Waals surface area contributed by atoms with Crippen molar-refractivity contribution in [1.82, 2.24) is 4.90 Å². The molecule has 1 fully saturated rings. The zero-order chi connectivity index (χ0) is 9.80. The maximum absolute atomic E-state index is 11.9. The molecule has 0 aromatic carbocycles. The van der Waals surface area contributed by atoms with Crippen molar-refractivity contribution in [2.24, 2.45) is 10.9 Å². The third kappa shape index (κ3) is 2.12. The Balaban J connectivity index is 1.92. The first-order chi connectivity index (χ1) is 6.88. The van der Waals surface area contributed by atoms with Crippen molar-refractivity contribution >= 4 is 12.1 Å². The number of carbonyl (C=O) groups excluding carboxylic acids is 1. The van der Waals surface area contributed by atoms with Gasteiger partial charge in [0.2, 0.25) is 5.91 Å². The first-order valence-corrected chi connectivity index (χ1v) is 5.24. The summed E-state index contributed by atoms with van der Waals surface area (Å²) in [4.78, 5) is 18.0. The van der Waals surface area contributed by atoms with E-state index in [2.05, 4.69) is 4.99 Å². The van der Waals surface area contributed by atoms with Crippen molar-refractivity contribution < 1.29 is 9.53 Å². The Hall–Kier alpha value is -0.900. The lowest BCUT2D eigenvalue weighted by molar-refractivity contribution is -0.137. The first-order valence-electron chi connectivity index (χ1n) is 5.24. The smallest absolute Gasteiger partial charge is 0.231 e. The Morgan fingerprint density at radius 3 is 2.86 bits per heavy atom. The van der Waals surface area contributed by atoms with E-state index < -0.39 is 0 Å². The molecule has 2 rings (SSSR count). The van der Waals surface area contributed by atoms with Gasteiger partial charge in [-0.25, -0.2) is 0 Å². The van der Waals surface area contributed by atoms with Crippen LogP contribution in [-0.2, 0) is 9.53 Å². The molecule has 14 heavy (non-hydrogen) atoms. The van der Waals surface area contributed by atoms with Gasteiger partial charge in [0.25, 0.3) is 0 Å². The van der Waals surface area contributed by atoms with Gasteiger partial charge >= 0.3 is 0 Å². The Kier molecular flexibility index (Phi) is 3.14. The van der Waals surface area contributed by atoms with Gasteiger partial charge in [0.05, 0.1) is 19.1 Å². The summed E-state index contributed by atoms with van der Waals surface area (Å²) in [6.45, 7) is 3.71. The van der Waals surface area contributed by atoms with Crippen LogP contribution in [0.3, 0.4) is 0 Å². The highest BCUT2D eigenvalue weighted by molar-refractivity contribution is 5.93. The van der Waals surface area contributed by atoms with Gasteiger partial charge in [-0.15, -0.1) is 0 Å². The predicted octanol–water partition coefficient (Wildman–Crippen LogP) is 0.326. The predicted molar refractivity (Wildman–Crippen MR) is 53.5 cm³/mol. The molecule has 2 aliphatic heterocycles. The van der Waals surface area contributed by atoms with Crippen molar-refractivity contribution in [3.05, 3.63) is 0 Å². The molecular formula is C10H16N2O2. The second-order valence-electron chi connectivity index (χ2n) is 3.74. The number of nitrogens with zero attached hydrogens (tertiary/aromatic N) is 2. The van der Waals surface area contributed by atoms with E-state index in [1.807, 2.05) is 11.1 Å². The Morgan fingerprint density at radius 2 is 2.21 bits per heavy atom. The number of ether oxygens (including phenoxy) is 1. The lowest BCUT2D eigenvalue weighted by Crippen LogP contribution is -2.44. The summed E-state index contributed by atoms with van der Waals surface area (Å²) in [6, 6.07) is 0. The Morgan fingerprint density at radius 1 is 1.43 bits per heavy atom. The van der Waals surface area contributed by atoms with Gasteiger partial charge in [0, 0.05) is 25.8 Å². The monoisotopic (exact) mass is 196 g/mol. The molecule has 4 nitrogen and oxygen atoms in total. The third-order valence-corrected chi connectivity index (χ3v) is 2.73. The summed E-state index contributed by atoms with van der Waals surface area (Å²) < 4.78 is 5.21. The van der Waals surface area contributed by atoms with Gasteiger partial charge < -0.3 is 9.64 Å². The normalized spacial score (nSPS) is 27.7. The highest BCUT2D eigenvalue weighted by atomic mass is 16.5. The highest BCUT2D eigenvalue weighted by Gasteiger charge is 2.25. The van der Waals surface area contributed by atoms with E-state index >= 15 is 0 Å². The van der Waals surface area contributed by atoms with Crippen molar-refractivity contribution in [1.29, 1.82) is 0 Å². The number of morpholine rings is 1. The van der Waals surface area contributed by atoms with Gasteiger partial charge in [-0.3, -0.25) is 9.79 Å². The minimum Gasteiger partial charge on any atom is -0.378 e. The van der Waals surface area contributed by atoms with E-state index in [0.29, 0.717) is 13.2 Å². The zero-order valence-electron chi connectivity index (χ0n) is 8.32. The van der Waals surface area contributed by atoms with Crippen LogP contribution in [0.1, 0.15) is 12.8 Å². The molecular weight excluding hydrogens is 180 g/mol. The minimum atomic E-state index is 0.0295. The molecule has 1 saturated heterocycles. The molecule has 1 amide bonds. The van der Waals surface area contributed by atoms with Gasteiger partial charge in [-0.1, -0.05) is 0 Å². The molecule has 0 spiro atoms. The van der Waals surface area contributed by atoms with Crippen molar-refractivity contribution in [3.8, 4) is 0 Å². The standard InChI is InChI=1S/C10H16N2O2/c13-10(9-2-1-3-11-8-9)12-4-6-14-7-5-12/h8-9H,1-7H2. The van der Waals surface area contributed by atoms with Gasteiger partial charge in [-0.2, -0.15) is 0 Å². The van der Waals surface area contributed by atoms with Crippen LogP contribution in [0.5, 0.6) is 0 Å². The molecule has 4 heteroatoms. The molecule has 1 atom stereocenters. The van der Waals surface area contributed by atoms with Crippen LogP contribution in [0.15, 0.2) is 4.99 Å². The second-order valence-corrected chi connectivity index (χ2v) is 3.74. The van der Waals surface area contributed by atoms with E-state index in [1.54, 1.807) is 0 Å². The van der Waals surface area contributed by atoms with Gasteiger partial charge in [0.1, 0.15) is 0 Å². The van der Waals surface area contributed by atoms with Crippen LogP contribution in [0, 0.1) is 5.92 Å². The third-order valence-electron chi connectivity index (χ3n) is 2.73. The first kappa shape index (κ1) is 9.65. The molecule has 0 N–H and O–H groups in total. The van der Waals surface area contributed by atoms with Crippen molar-refractivity contribution in [2.45, 2.75) is 12.8 Å². The topological polar surface area (TPSA) is 41.9 Å². The second kappa shape index (κ2) is 4.55. The average Bonchev–Trinajstić information content (AvgIpc) is 2.30. The summed E-state index contributed by atoms with van der Waals surface area (Å²) in [7, 11) is 0. The van der Waals surface area contributed by atoms with E-state index in [-0.39, 0.29) is 11.8 Å². The van der Waals surface area contributed by atoms with Crippen LogP contribution in [0.4, 0.5) is 0 Å². The summed E-state index contributed by atoms with van der Waals surface area (Å²) in [5.41, 5.74) is 0. The lowest BCUT2D eigenvalue weighted by Gasteiger charge is -2.29. The largest absolute Gasteiger partial charge is 0.378 e. The van der Waals surface area contributed by atoms with E-state index in [4.69, 9.17) is 4.74 Å². The van der Waals surface area contributed by atoms with Crippen LogP contribution >= 0.6 is 0 Å². The number of carbonyl (C=O) groups is 1. The molecule has 1 unspecified atom stereocenters. The fourth-order valence-corrected chi connectivity index (χ4v) is 1.88. The summed E-state index contributed by atoms with van der Waals surface area (Å²) in [5.74, 6) is 0.263. The maximum atomic E-state index is 11.9. The molecule has 0 aliphatic carbocycles. The molecule has 0 bridgehead atoms. The van der Waals surface area contributed by atoms with E-state index in [1.165, 1.54) is 0 Å². The molecule has 2 heterocycles. The molecule has 0 radical (unpaired) electrons. The molecule has 78 valence electrons. The van der Waals surface area contributed by atoms with Crippen LogP contribution < -0.4 is 0 Å². The Labute approximate surface area is 83.9 Å². The van der Waals surface area contributed by atoms with Gasteiger partial charge in [-0.05, 0) is 12.8 Å². The van der Waals surface area contributed by atoms with Crippen LogP contribution in [0.25, 0.3) is 0 Å². The number of hydrogen-bond donors (Lipinski definition) is 0. The summed E-state index contributed by atoms with van der Waals surface area (Å²) in [6.07, 6.45) is 3.82. The SMILES string of the molecule is O=C(C1C=NCCC1)N1CCOCC1. The fraction of sp³-hybridized carbons (Fsp3) is 0.800. The maximum Gasteiger partial charge on any atom is 0.231 e. The van der Waals surface area contributed by atoms with E-state index in [0.717, 1.165) is 32.5 Å². The van der Waals surface area contributed by atoms with E-state index in [9.17, 15) is 4.79 Å². The summed E-state index contributed by atoms with van der Waals surface area (Å²) in [5, 5.41) is 0. The zero-order valence-corrected chi connectivity index (χ0v) is 8.32. The average molecular weight is 196 g/mol. The van der Waals surface area contributed by atoms with Crippen LogP contribution in [-0.4, -0.2) is 49.9 Å². The molecule has 2 aliphatic rings. The number of aliphatic imine (C=N–C) groups is 1. The molecule has 0 aromatic rings. The molecule has 0 saturated carbocycles. The molecule has 0 aromatic heterocycles. The minimum absolute atomic E-state index is 0.0295. The Bertz CT molecular complexity index is 234. The lowest BCUT2D eigenvalue weighted by atomic mass is 10.0. The number of rotatable bonds is 1. The highest BCUT2D eigenvalue weighted by Crippen LogP contribution is 2.13. The van der Waals surface area contributed by atoms with Crippen molar-refractivity contribution in [2.75, 3.05) is 32.8 Å². The fourth-order valence-electron chi connectivity index (χ4n) is 1.88. The quantitative estimate of drug-likeness (QED) is 0.606. The van der Waals surface area contributed by atoms with Crippen molar-refractivity contribution in [3.63, 3.8) is 0 Å².